The zero-order valence-corrected chi connectivity index (χ0v) is 10.5. The first kappa shape index (κ1) is 12.4. The molecule has 0 saturated heterocycles. The number of halogens is 1. The summed E-state index contributed by atoms with van der Waals surface area (Å²) in [7, 11) is 3.06. The number of hydrogen-bond donors (Lipinski definition) is 1. The Balaban J connectivity index is 2.55. The van der Waals surface area contributed by atoms with Crippen molar-refractivity contribution in [3.63, 3.8) is 0 Å². The van der Waals surface area contributed by atoms with Crippen molar-refractivity contribution in [2.24, 2.45) is 7.05 Å². The Morgan fingerprint density at radius 2 is 2.17 bits per heavy atom. The molecule has 2 aromatic rings. The predicted molar refractivity (Wildman–Crippen MR) is 65.0 cm³/mol. The lowest BCUT2D eigenvalue weighted by molar-refractivity contribution is 0.0690. The fourth-order valence-electron chi connectivity index (χ4n) is 1.56. The first-order valence-electron chi connectivity index (χ1n) is 5.01. The first-order valence-corrected chi connectivity index (χ1v) is 5.39. The van der Waals surface area contributed by atoms with Crippen LogP contribution in [0.25, 0.3) is 11.3 Å². The molecule has 0 spiro atoms. The van der Waals surface area contributed by atoms with Crippen LogP contribution < -0.4 is 4.74 Å². The van der Waals surface area contributed by atoms with Crippen LogP contribution in [0.1, 0.15) is 10.5 Å². The minimum absolute atomic E-state index is 0.112. The quantitative estimate of drug-likeness (QED) is 0.918. The Kier molecular flexibility index (Phi) is 3.20. The number of carbonyl (C=O) groups is 1. The van der Waals surface area contributed by atoms with Crippen molar-refractivity contribution in [3.8, 4) is 17.0 Å². The molecular weight excluding hydrogens is 258 g/mol. The molecule has 1 N–H and O–H groups in total. The third-order valence-corrected chi connectivity index (χ3v) is 2.64. The molecule has 2 rings (SSSR count). The molecule has 0 fully saturated rings. The van der Waals surface area contributed by atoms with Gasteiger partial charge >= 0.3 is 5.97 Å². The summed E-state index contributed by atoms with van der Waals surface area (Å²) in [6.45, 7) is 0. The summed E-state index contributed by atoms with van der Waals surface area (Å²) in [4.78, 5) is 12.2. The Morgan fingerprint density at radius 3 is 2.72 bits per heavy atom. The molecule has 0 aliphatic rings. The smallest absolute Gasteiger partial charge is 0.358 e. The SMILES string of the molecule is COc1ccc(-c2nn(C)nc2C(=O)O)cc1Cl. The third kappa shape index (κ3) is 2.14. The van der Waals surface area contributed by atoms with Crippen molar-refractivity contribution in [1.29, 1.82) is 0 Å². The van der Waals surface area contributed by atoms with Crippen LogP contribution in [0, 0.1) is 0 Å². The first-order chi connectivity index (χ1) is 8.52. The molecule has 0 unspecified atom stereocenters. The molecule has 94 valence electrons. The standard InChI is InChI=1S/C11H10ClN3O3/c1-15-13-9(10(14-15)11(16)17)6-3-4-8(18-2)7(12)5-6/h3-5H,1-2H3,(H,16,17). The van der Waals surface area contributed by atoms with Gasteiger partial charge in [0.05, 0.1) is 12.1 Å². The maximum atomic E-state index is 11.0. The molecule has 0 atom stereocenters. The number of ether oxygens (including phenoxy) is 1. The third-order valence-electron chi connectivity index (χ3n) is 2.34. The highest BCUT2D eigenvalue weighted by Gasteiger charge is 2.19. The summed E-state index contributed by atoms with van der Waals surface area (Å²) >= 11 is 5.99. The van der Waals surface area contributed by atoms with Crippen LogP contribution >= 0.6 is 11.6 Å². The van der Waals surface area contributed by atoms with E-state index in [1.807, 2.05) is 0 Å². The largest absolute Gasteiger partial charge is 0.495 e. The number of carboxylic acid groups (broad SMARTS) is 1. The van der Waals surface area contributed by atoms with E-state index in [0.29, 0.717) is 16.3 Å². The zero-order valence-electron chi connectivity index (χ0n) is 9.72. The van der Waals surface area contributed by atoms with E-state index in [4.69, 9.17) is 21.4 Å². The van der Waals surface area contributed by atoms with Crippen molar-refractivity contribution >= 4 is 17.6 Å². The number of nitrogens with zero attached hydrogens (tertiary/aromatic N) is 3. The summed E-state index contributed by atoms with van der Waals surface area (Å²) in [5, 5.41) is 17.2. The van der Waals surface area contributed by atoms with Gasteiger partial charge in [-0.05, 0) is 18.2 Å². The number of hydrogen-bond acceptors (Lipinski definition) is 4. The molecule has 1 heterocycles. The van der Waals surface area contributed by atoms with E-state index in [2.05, 4.69) is 10.2 Å². The van der Waals surface area contributed by atoms with E-state index in [0.717, 1.165) is 0 Å². The molecule has 0 aliphatic carbocycles. The van der Waals surface area contributed by atoms with E-state index in [1.165, 1.54) is 11.9 Å². The summed E-state index contributed by atoms with van der Waals surface area (Å²) in [6, 6.07) is 4.93. The topological polar surface area (TPSA) is 77.2 Å². The van der Waals surface area contributed by atoms with E-state index in [9.17, 15) is 4.79 Å². The highest BCUT2D eigenvalue weighted by Crippen LogP contribution is 2.30. The average molecular weight is 268 g/mol. The minimum atomic E-state index is -1.13. The van der Waals surface area contributed by atoms with E-state index >= 15 is 0 Å². The van der Waals surface area contributed by atoms with Gasteiger partial charge in [-0.15, -0.1) is 5.10 Å². The number of benzene rings is 1. The van der Waals surface area contributed by atoms with Gasteiger partial charge in [0.1, 0.15) is 11.4 Å². The second-order valence-corrected chi connectivity index (χ2v) is 3.95. The zero-order chi connectivity index (χ0) is 13.3. The van der Waals surface area contributed by atoms with Crippen molar-refractivity contribution in [3.05, 3.63) is 28.9 Å². The second kappa shape index (κ2) is 4.66. The summed E-state index contributed by atoms with van der Waals surface area (Å²) in [5.41, 5.74) is 0.736. The fourth-order valence-corrected chi connectivity index (χ4v) is 1.82. The van der Waals surface area contributed by atoms with Crippen LogP contribution in [0.15, 0.2) is 18.2 Å². The maximum Gasteiger partial charge on any atom is 0.358 e. The number of carboxylic acids is 1. The minimum Gasteiger partial charge on any atom is -0.495 e. The Morgan fingerprint density at radius 1 is 1.44 bits per heavy atom. The predicted octanol–water partition coefficient (Wildman–Crippen LogP) is 1.84. The van der Waals surface area contributed by atoms with Gasteiger partial charge in [0, 0.05) is 12.6 Å². The molecule has 0 radical (unpaired) electrons. The van der Waals surface area contributed by atoms with Crippen LogP contribution in [-0.4, -0.2) is 33.2 Å². The van der Waals surface area contributed by atoms with Gasteiger partial charge in [-0.25, -0.2) is 4.79 Å². The van der Waals surface area contributed by atoms with Crippen molar-refractivity contribution < 1.29 is 14.6 Å². The number of aromatic carboxylic acids is 1. The summed E-state index contributed by atoms with van der Waals surface area (Å²) in [6.07, 6.45) is 0. The molecule has 1 aromatic carbocycles. The van der Waals surface area contributed by atoms with Gasteiger partial charge in [0.2, 0.25) is 0 Å². The maximum absolute atomic E-state index is 11.0. The number of rotatable bonds is 3. The van der Waals surface area contributed by atoms with Crippen molar-refractivity contribution in [2.75, 3.05) is 7.11 Å². The molecule has 18 heavy (non-hydrogen) atoms. The molecule has 1 aromatic heterocycles. The molecule has 7 heteroatoms. The monoisotopic (exact) mass is 267 g/mol. The Labute approximate surface area is 108 Å². The lowest BCUT2D eigenvalue weighted by Gasteiger charge is -2.04. The Bertz CT molecular complexity index is 610. The van der Waals surface area contributed by atoms with Crippen molar-refractivity contribution in [2.45, 2.75) is 0 Å². The Hall–Kier alpha value is -2.08. The molecule has 6 nitrogen and oxygen atoms in total. The van der Waals surface area contributed by atoms with Gasteiger partial charge in [-0.1, -0.05) is 11.6 Å². The van der Waals surface area contributed by atoms with Crippen LogP contribution in [0.4, 0.5) is 0 Å². The number of aryl methyl sites for hydroxylation is 1. The summed E-state index contributed by atoms with van der Waals surface area (Å²) < 4.78 is 5.03. The number of aromatic nitrogens is 3. The van der Waals surface area contributed by atoms with Crippen LogP contribution in [0.5, 0.6) is 5.75 Å². The van der Waals surface area contributed by atoms with Crippen LogP contribution in [0.3, 0.4) is 0 Å². The molecule has 0 saturated carbocycles. The molecule has 0 aliphatic heterocycles. The fraction of sp³-hybridized carbons (Fsp3) is 0.182. The van der Waals surface area contributed by atoms with Crippen molar-refractivity contribution in [1.82, 2.24) is 15.0 Å². The van der Waals surface area contributed by atoms with Gasteiger partial charge in [0.25, 0.3) is 0 Å². The van der Waals surface area contributed by atoms with E-state index < -0.39 is 5.97 Å². The van der Waals surface area contributed by atoms with E-state index in [-0.39, 0.29) is 11.4 Å². The molecule has 0 bridgehead atoms. The van der Waals surface area contributed by atoms with Crippen LogP contribution in [-0.2, 0) is 7.05 Å². The van der Waals surface area contributed by atoms with Gasteiger partial charge in [-0.2, -0.15) is 9.90 Å². The lowest BCUT2D eigenvalue weighted by Crippen LogP contribution is -2.00. The highest BCUT2D eigenvalue weighted by atomic mass is 35.5. The lowest BCUT2D eigenvalue weighted by atomic mass is 10.1. The van der Waals surface area contributed by atoms with Gasteiger partial charge in [-0.3, -0.25) is 0 Å². The highest BCUT2D eigenvalue weighted by molar-refractivity contribution is 6.32. The van der Waals surface area contributed by atoms with Gasteiger partial charge < -0.3 is 9.84 Å². The van der Waals surface area contributed by atoms with E-state index in [1.54, 1.807) is 25.2 Å². The number of methoxy groups -OCH3 is 1. The average Bonchev–Trinajstić information content (AvgIpc) is 2.71. The normalized spacial score (nSPS) is 10.4. The van der Waals surface area contributed by atoms with Gasteiger partial charge in [0.15, 0.2) is 5.69 Å². The molecule has 0 amide bonds. The molecular formula is C11H10ClN3O3. The van der Waals surface area contributed by atoms with Crippen LogP contribution in [0.2, 0.25) is 5.02 Å². The second-order valence-electron chi connectivity index (χ2n) is 3.54. The summed E-state index contributed by atoms with van der Waals surface area (Å²) in [5.74, 6) is -0.619.